The molecule has 72 valence electrons. The van der Waals surface area contributed by atoms with E-state index >= 15 is 0 Å². The van der Waals surface area contributed by atoms with Crippen molar-refractivity contribution in [3.63, 3.8) is 0 Å². The van der Waals surface area contributed by atoms with Gasteiger partial charge >= 0.3 is 0 Å². The van der Waals surface area contributed by atoms with Gasteiger partial charge in [-0.25, -0.2) is 0 Å². The van der Waals surface area contributed by atoms with Crippen LogP contribution in [0, 0.1) is 11.8 Å². The summed E-state index contributed by atoms with van der Waals surface area (Å²) in [4.78, 5) is 0. The molecule has 0 aliphatic rings. The highest BCUT2D eigenvalue weighted by Gasteiger charge is 1.86. The van der Waals surface area contributed by atoms with Crippen LogP contribution in [-0.4, -0.2) is 11.7 Å². The monoisotopic (exact) mass is 178 g/mol. The van der Waals surface area contributed by atoms with Crippen LogP contribution in [0.15, 0.2) is 23.8 Å². The Labute approximate surface area is 81.2 Å². The van der Waals surface area contributed by atoms with Crippen molar-refractivity contribution in [2.45, 2.75) is 33.1 Å². The molecule has 0 saturated heterocycles. The molecule has 0 fully saturated rings. The van der Waals surface area contributed by atoms with Crippen LogP contribution in [-0.2, 0) is 0 Å². The lowest BCUT2D eigenvalue weighted by Gasteiger charge is -1.93. The molecule has 0 rings (SSSR count). The van der Waals surface area contributed by atoms with Gasteiger partial charge in [0.1, 0.15) is 0 Å². The number of rotatable bonds is 4. The first kappa shape index (κ1) is 12.0. The van der Waals surface area contributed by atoms with Crippen LogP contribution in [0.4, 0.5) is 0 Å². The van der Waals surface area contributed by atoms with Crippen molar-refractivity contribution in [2.75, 3.05) is 6.61 Å². The Kier molecular flexibility index (Phi) is 7.05. The lowest BCUT2D eigenvalue weighted by atomic mass is 10.1. The first-order valence-corrected chi connectivity index (χ1v) is 4.57. The van der Waals surface area contributed by atoms with Gasteiger partial charge in [0.2, 0.25) is 0 Å². The Morgan fingerprint density at radius 1 is 1.46 bits per heavy atom. The van der Waals surface area contributed by atoms with Gasteiger partial charge in [-0.05, 0) is 32.3 Å². The van der Waals surface area contributed by atoms with Crippen LogP contribution in [0.1, 0.15) is 33.1 Å². The SMILES string of the molecule is C=C(C#CCCO)CCC=C(C)C. The Balaban J connectivity index is 3.65. The fraction of sp³-hybridized carbons (Fsp3) is 0.500. The number of aliphatic hydroxyl groups is 1. The molecular weight excluding hydrogens is 160 g/mol. The second kappa shape index (κ2) is 7.64. The first-order chi connectivity index (χ1) is 6.16. The summed E-state index contributed by atoms with van der Waals surface area (Å²) < 4.78 is 0. The van der Waals surface area contributed by atoms with Crippen LogP contribution >= 0.6 is 0 Å². The Morgan fingerprint density at radius 3 is 2.69 bits per heavy atom. The third-order valence-corrected chi connectivity index (χ3v) is 1.50. The van der Waals surface area contributed by atoms with Crippen molar-refractivity contribution in [3.8, 4) is 11.8 Å². The summed E-state index contributed by atoms with van der Waals surface area (Å²) in [6.45, 7) is 8.14. The van der Waals surface area contributed by atoms with Crippen molar-refractivity contribution in [1.82, 2.24) is 0 Å². The highest BCUT2D eigenvalue weighted by Crippen LogP contribution is 2.03. The summed E-state index contributed by atoms with van der Waals surface area (Å²) in [5.41, 5.74) is 2.28. The second-order valence-electron chi connectivity index (χ2n) is 3.20. The minimum absolute atomic E-state index is 0.133. The van der Waals surface area contributed by atoms with Gasteiger partial charge in [0.15, 0.2) is 0 Å². The molecule has 0 radical (unpaired) electrons. The van der Waals surface area contributed by atoms with E-state index in [2.05, 4.69) is 38.3 Å². The van der Waals surface area contributed by atoms with E-state index in [0.717, 1.165) is 18.4 Å². The summed E-state index contributed by atoms with van der Waals surface area (Å²) >= 11 is 0. The molecule has 1 nitrogen and oxygen atoms in total. The van der Waals surface area contributed by atoms with E-state index in [9.17, 15) is 0 Å². The van der Waals surface area contributed by atoms with Crippen LogP contribution in [0.2, 0.25) is 0 Å². The van der Waals surface area contributed by atoms with Gasteiger partial charge in [0, 0.05) is 6.42 Å². The van der Waals surface area contributed by atoms with Crippen LogP contribution in [0.5, 0.6) is 0 Å². The third-order valence-electron chi connectivity index (χ3n) is 1.50. The molecule has 13 heavy (non-hydrogen) atoms. The maximum atomic E-state index is 8.49. The van der Waals surface area contributed by atoms with Crippen molar-refractivity contribution in [3.05, 3.63) is 23.8 Å². The molecule has 0 unspecified atom stereocenters. The molecular formula is C12H18O. The number of hydrogen-bond donors (Lipinski definition) is 1. The maximum absolute atomic E-state index is 8.49. The van der Waals surface area contributed by atoms with E-state index in [1.807, 2.05) is 0 Å². The molecule has 0 spiro atoms. The molecule has 0 aliphatic carbocycles. The zero-order chi connectivity index (χ0) is 10.1. The van der Waals surface area contributed by atoms with Gasteiger partial charge in [-0.3, -0.25) is 0 Å². The molecule has 1 N–H and O–H groups in total. The zero-order valence-electron chi connectivity index (χ0n) is 8.56. The van der Waals surface area contributed by atoms with Gasteiger partial charge in [-0.2, -0.15) is 0 Å². The van der Waals surface area contributed by atoms with E-state index in [1.54, 1.807) is 0 Å². The minimum Gasteiger partial charge on any atom is -0.395 e. The normalized spacial score (nSPS) is 8.54. The molecule has 0 saturated carbocycles. The Bertz CT molecular complexity index is 234. The third kappa shape index (κ3) is 8.91. The van der Waals surface area contributed by atoms with E-state index in [4.69, 9.17) is 5.11 Å². The van der Waals surface area contributed by atoms with Crippen LogP contribution in [0.3, 0.4) is 0 Å². The number of hydrogen-bond acceptors (Lipinski definition) is 1. The summed E-state index contributed by atoms with van der Waals surface area (Å²) in [6, 6.07) is 0. The van der Waals surface area contributed by atoms with Crippen LogP contribution < -0.4 is 0 Å². The zero-order valence-corrected chi connectivity index (χ0v) is 8.56. The summed E-state index contributed by atoms with van der Waals surface area (Å²) in [7, 11) is 0. The average molecular weight is 178 g/mol. The molecule has 1 heteroatoms. The molecule has 0 aromatic heterocycles. The number of allylic oxidation sites excluding steroid dienone is 3. The van der Waals surface area contributed by atoms with Crippen molar-refractivity contribution in [1.29, 1.82) is 0 Å². The molecule has 0 aromatic carbocycles. The lowest BCUT2D eigenvalue weighted by molar-refractivity contribution is 0.305. The highest BCUT2D eigenvalue weighted by molar-refractivity contribution is 5.25. The van der Waals surface area contributed by atoms with Gasteiger partial charge in [0.05, 0.1) is 6.61 Å². The first-order valence-electron chi connectivity index (χ1n) is 4.57. The fourth-order valence-electron chi connectivity index (χ4n) is 0.841. The fourth-order valence-corrected chi connectivity index (χ4v) is 0.841. The van der Waals surface area contributed by atoms with Gasteiger partial charge < -0.3 is 5.11 Å². The molecule has 0 bridgehead atoms. The van der Waals surface area contributed by atoms with Gasteiger partial charge in [0.25, 0.3) is 0 Å². The standard InChI is InChI=1S/C12H18O/c1-11(2)7-6-9-12(3)8-4-5-10-13/h7,13H,3,5-6,9-10H2,1-2H3. The highest BCUT2D eigenvalue weighted by atomic mass is 16.2. The summed E-state index contributed by atoms with van der Waals surface area (Å²) in [6.07, 6.45) is 4.65. The predicted molar refractivity (Wildman–Crippen MR) is 57.3 cm³/mol. The van der Waals surface area contributed by atoms with E-state index in [-0.39, 0.29) is 6.61 Å². The Morgan fingerprint density at radius 2 is 2.15 bits per heavy atom. The molecule has 0 aliphatic heterocycles. The topological polar surface area (TPSA) is 20.2 Å². The second-order valence-corrected chi connectivity index (χ2v) is 3.20. The maximum Gasteiger partial charge on any atom is 0.0540 e. The van der Waals surface area contributed by atoms with Crippen molar-refractivity contribution >= 4 is 0 Å². The van der Waals surface area contributed by atoms with Gasteiger partial charge in [-0.1, -0.05) is 30.1 Å². The largest absolute Gasteiger partial charge is 0.395 e. The van der Waals surface area contributed by atoms with Crippen LogP contribution in [0.25, 0.3) is 0 Å². The molecule has 0 amide bonds. The van der Waals surface area contributed by atoms with E-state index < -0.39 is 0 Å². The summed E-state index contributed by atoms with van der Waals surface area (Å²) in [5, 5.41) is 8.49. The van der Waals surface area contributed by atoms with E-state index in [1.165, 1.54) is 5.57 Å². The smallest absolute Gasteiger partial charge is 0.0540 e. The predicted octanol–water partition coefficient (Wildman–Crippen LogP) is 2.67. The number of aliphatic hydroxyl groups excluding tert-OH is 1. The molecule has 0 aromatic rings. The Hall–Kier alpha value is -1.00. The quantitative estimate of drug-likeness (QED) is 0.518. The molecule has 0 heterocycles. The average Bonchev–Trinajstić information content (AvgIpc) is 2.04. The van der Waals surface area contributed by atoms with Crippen molar-refractivity contribution < 1.29 is 5.11 Å². The van der Waals surface area contributed by atoms with Crippen molar-refractivity contribution in [2.24, 2.45) is 0 Å². The minimum atomic E-state index is 0.133. The lowest BCUT2D eigenvalue weighted by Crippen LogP contribution is -1.79. The van der Waals surface area contributed by atoms with Gasteiger partial charge in [-0.15, -0.1) is 0 Å². The van der Waals surface area contributed by atoms with E-state index in [0.29, 0.717) is 6.42 Å². The summed E-state index contributed by atoms with van der Waals surface area (Å²) in [5.74, 6) is 5.78. The molecule has 0 atom stereocenters.